The summed E-state index contributed by atoms with van der Waals surface area (Å²) in [5.41, 5.74) is 3.64. The van der Waals surface area contributed by atoms with E-state index < -0.39 is 0 Å². The number of nitrogens with zero attached hydrogens (tertiary/aromatic N) is 4. The molecule has 1 saturated heterocycles. The van der Waals surface area contributed by atoms with E-state index in [1.807, 2.05) is 41.3 Å². The summed E-state index contributed by atoms with van der Waals surface area (Å²) < 4.78 is 0. The third kappa shape index (κ3) is 4.19. The number of hydrogen-bond donors (Lipinski definition) is 1. The van der Waals surface area contributed by atoms with E-state index in [1.54, 1.807) is 24.5 Å². The first kappa shape index (κ1) is 18.5. The average molecular weight is 383 g/mol. The monoisotopic (exact) mass is 383 g/mol. The Morgan fingerprint density at radius 1 is 0.966 bits per heavy atom. The number of aromatic nitrogens is 1. The van der Waals surface area contributed by atoms with Crippen molar-refractivity contribution < 1.29 is 4.79 Å². The quantitative estimate of drug-likeness (QED) is 0.744. The zero-order chi connectivity index (χ0) is 20.1. The van der Waals surface area contributed by atoms with Gasteiger partial charge in [0.2, 0.25) is 0 Å². The number of para-hydroxylation sites is 2. The van der Waals surface area contributed by atoms with Crippen LogP contribution in [-0.2, 0) is 0 Å². The first-order valence-corrected chi connectivity index (χ1v) is 9.55. The molecule has 0 aliphatic carbocycles. The number of carbonyl (C=O) groups is 1. The Kier molecular flexibility index (Phi) is 5.39. The highest BCUT2D eigenvalue weighted by molar-refractivity contribution is 5.95. The molecule has 4 rings (SSSR count). The van der Waals surface area contributed by atoms with Crippen LogP contribution in [0.4, 0.5) is 17.1 Å². The van der Waals surface area contributed by atoms with Crippen molar-refractivity contribution in [2.75, 3.05) is 36.4 Å². The maximum Gasteiger partial charge on any atom is 0.255 e. The minimum atomic E-state index is -0.0255. The fraction of sp³-hybridized carbons (Fsp3) is 0.174. The first-order chi connectivity index (χ1) is 14.2. The van der Waals surface area contributed by atoms with Gasteiger partial charge in [0.25, 0.3) is 5.91 Å². The number of benzene rings is 2. The van der Waals surface area contributed by atoms with Gasteiger partial charge in [-0.2, -0.15) is 5.26 Å². The van der Waals surface area contributed by atoms with Crippen molar-refractivity contribution in [3.63, 3.8) is 0 Å². The standard InChI is InChI=1S/C23H21N5O/c24-15-18-6-4-5-9-22(18)26-20-14-19(16-25-17-20)23(29)28-12-10-27(11-13-28)21-7-2-1-3-8-21/h1-9,14,16-17,26H,10-13H2. The Hall–Kier alpha value is -3.85. The number of anilines is 3. The predicted octanol–water partition coefficient (Wildman–Crippen LogP) is 3.66. The second kappa shape index (κ2) is 8.44. The maximum absolute atomic E-state index is 13.0. The summed E-state index contributed by atoms with van der Waals surface area (Å²) in [7, 11) is 0. The molecule has 0 atom stereocenters. The van der Waals surface area contributed by atoms with Crippen LogP contribution >= 0.6 is 0 Å². The third-order valence-electron chi connectivity index (χ3n) is 5.00. The number of amides is 1. The van der Waals surface area contributed by atoms with Crippen LogP contribution in [0.2, 0.25) is 0 Å². The van der Waals surface area contributed by atoms with Gasteiger partial charge in [-0.15, -0.1) is 0 Å². The topological polar surface area (TPSA) is 72.3 Å². The predicted molar refractivity (Wildman–Crippen MR) is 113 cm³/mol. The molecule has 2 aromatic carbocycles. The molecule has 1 fully saturated rings. The van der Waals surface area contributed by atoms with Gasteiger partial charge in [-0.25, -0.2) is 0 Å². The highest BCUT2D eigenvalue weighted by Crippen LogP contribution is 2.21. The van der Waals surface area contributed by atoms with Gasteiger partial charge in [0, 0.05) is 38.1 Å². The molecule has 0 unspecified atom stereocenters. The Morgan fingerprint density at radius 2 is 1.69 bits per heavy atom. The van der Waals surface area contributed by atoms with Gasteiger partial charge in [0.05, 0.1) is 28.7 Å². The van der Waals surface area contributed by atoms with Crippen LogP contribution in [-0.4, -0.2) is 42.0 Å². The zero-order valence-corrected chi connectivity index (χ0v) is 16.0. The van der Waals surface area contributed by atoms with Gasteiger partial charge in [0.15, 0.2) is 0 Å². The average Bonchev–Trinajstić information content (AvgIpc) is 2.80. The number of piperazine rings is 1. The van der Waals surface area contributed by atoms with Crippen molar-refractivity contribution in [2.45, 2.75) is 0 Å². The van der Waals surface area contributed by atoms with Crippen LogP contribution < -0.4 is 10.2 Å². The number of hydrogen-bond acceptors (Lipinski definition) is 5. The lowest BCUT2D eigenvalue weighted by molar-refractivity contribution is 0.0746. The lowest BCUT2D eigenvalue weighted by atomic mass is 10.1. The smallest absolute Gasteiger partial charge is 0.255 e. The van der Waals surface area contributed by atoms with Crippen molar-refractivity contribution in [3.05, 3.63) is 84.2 Å². The number of carbonyl (C=O) groups excluding carboxylic acids is 1. The van der Waals surface area contributed by atoms with Crippen molar-refractivity contribution in [1.29, 1.82) is 5.26 Å². The third-order valence-corrected chi connectivity index (χ3v) is 5.00. The van der Waals surface area contributed by atoms with E-state index in [0.717, 1.165) is 13.1 Å². The molecule has 1 aliphatic heterocycles. The van der Waals surface area contributed by atoms with Gasteiger partial charge in [-0.05, 0) is 30.3 Å². The Balaban J connectivity index is 1.43. The number of pyridine rings is 1. The lowest BCUT2D eigenvalue weighted by Crippen LogP contribution is -2.48. The number of nitriles is 1. The molecular formula is C23H21N5O. The van der Waals surface area contributed by atoms with Crippen LogP contribution in [0.1, 0.15) is 15.9 Å². The SMILES string of the molecule is N#Cc1ccccc1Nc1cncc(C(=O)N2CCN(c3ccccc3)CC2)c1. The lowest BCUT2D eigenvalue weighted by Gasteiger charge is -2.36. The van der Waals surface area contributed by atoms with Crippen molar-refractivity contribution in [1.82, 2.24) is 9.88 Å². The molecule has 0 spiro atoms. The molecule has 1 aliphatic rings. The molecule has 0 radical (unpaired) electrons. The molecule has 0 saturated carbocycles. The van der Waals surface area contributed by atoms with Gasteiger partial charge >= 0.3 is 0 Å². The van der Waals surface area contributed by atoms with Gasteiger partial charge in [-0.3, -0.25) is 9.78 Å². The molecule has 0 bridgehead atoms. The molecule has 29 heavy (non-hydrogen) atoms. The van der Waals surface area contributed by atoms with Gasteiger partial charge in [0.1, 0.15) is 6.07 Å². The summed E-state index contributed by atoms with van der Waals surface area (Å²) in [6, 6.07) is 21.4. The second-order valence-electron chi connectivity index (χ2n) is 6.86. The fourth-order valence-corrected chi connectivity index (χ4v) is 3.46. The van der Waals surface area contributed by atoms with Gasteiger partial charge < -0.3 is 15.1 Å². The maximum atomic E-state index is 13.0. The summed E-state index contributed by atoms with van der Waals surface area (Å²) >= 11 is 0. The van der Waals surface area contributed by atoms with E-state index >= 15 is 0 Å². The van der Waals surface area contributed by atoms with Crippen LogP contribution in [0.3, 0.4) is 0 Å². The fourth-order valence-electron chi connectivity index (χ4n) is 3.46. The highest BCUT2D eigenvalue weighted by Gasteiger charge is 2.22. The molecule has 1 N–H and O–H groups in total. The molecule has 6 nitrogen and oxygen atoms in total. The summed E-state index contributed by atoms with van der Waals surface area (Å²) in [5, 5.41) is 12.4. The van der Waals surface area contributed by atoms with Crippen LogP contribution in [0.25, 0.3) is 0 Å². The molecular weight excluding hydrogens is 362 g/mol. The summed E-state index contributed by atoms with van der Waals surface area (Å²) in [6.07, 6.45) is 3.24. The van der Waals surface area contributed by atoms with Crippen LogP contribution in [0.15, 0.2) is 73.1 Å². The minimum absolute atomic E-state index is 0.0255. The highest BCUT2D eigenvalue weighted by atomic mass is 16.2. The van der Waals surface area contributed by atoms with Crippen LogP contribution in [0.5, 0.6) is 0 Å². The summed E-state index contributed by atoms with van der Waals surface area (Å²) in [6.45, 7) is 2.94. The molecule has 2 heterocycles. The molecule has 144 valence electrons. The molecule has 6 heteroatoms. The van der Waals surface area contributed by atoms with Crippen molar-refractivity contribution in [3.8, 4) is 6.07 Å². The van der Waals surface area contributed by atoms with Crippen molar-refractivity contribution >= 4 is 23.0 Å². The second-order valence-corrected chi connectivity index (χ2v) is 6.86. The number of nitrogens with one attached hydrogen (secondary N) is 1. The van der Waals surface area contributed by atoms with E-state index in [2.05, 4.69) is 33.4 Å². The normalized spacial score (nSPS) is 13.6. The summed E-state index contributed by atoms with van der Waals surface area (Å²) in [4.78, 5) is 21.3. The van der Waals surface area contributed by atoms with Gasteiger partial charge in [-0.1, -0.05) is 30.3 Å². The van der Waals surface area contributed by atoms with Crippen molar-refractivity contribution in [2.24, 2.45) is 0 Å². The molecule has 3 aromatic rings. The van der Waals surface area contributed by atoms with E-state index in [4.69, 9.17) is 0 Å². The summed E-state index contributed by atoms with van der Waals surface area (Å²) in [5.74, 6) is -0.0255. The van der Waals surface area contributed by atoms with E-state index in [9.17, 15) is 10.1 Å². The zero-order valence-electron chi connectivity index (χ0n) is 16.0. The molecule has 1 amide bonds. The van der Waals surface area contributed by atoms with Crippen LogP contribution in [0, 0.1) is 11.3 Å². The Morgan fingerprint density at radius 3 is 2.45 bits per heavy atom. The minimum Gasteiger partial charge on any atom is -0.368 e. The Labute approximate surface area is 170 Å². The van der Waals surface area contributed by atoms with E-state index in [-0.39, 0.29) is 5.91 Å². The van der Waals surface area contributed by atoms with E-state index in [0.29, 0.717) is 35.6 Å². The first-order valence-electron chi connectivity index (χ1n) is 9.55. The van der Waals surface area contributed by atoms with E-state index in [1.165, 1.54) is 5.69 Å². The largest absolute Gasteiger partial charge is 0.368 e. The molecule has 1 aromatic heterocycles. The Bertz CT molecular complexity index is 1040. The number of rotatable bonds is 4.